The van der Waals surface area contributed by atoms with Gasteiger partial charge in [-0.25, -0.2) is 27.8 Å². The lowest BCUT2D eigenvalue weighted by molar-refractivity contribution is 0.0459. The molecule has 4 aromatic rings. The zero-order valence-electron chi connectivity index (χ0n) is 23.7. The summed E-state index contributed by atoms with van der Waals surface area (Å²) < 4.78 is 46.2. The van der Waals surface area contributed by atoms with Crippen LogP contribution in [0.15, 0.2) is 49.3 Å². The number of rotatable bonds is 10. The van der Waals surface area contributed by atoms with Gasteiger partial charge in [-0.1, -0.05) is 11.8 Å². The van der Waals surface area contributed by atoms with Crippen molar-refractivity contribution in [3.8, 4) is 23.2 Å². The van der Waals surface area contributed by atoms with Crippen LogP contribution in [0.3, 0.4) is 0 Å². The van der Waals surface area contributed by atoms with Gasteiger partial charge in [0.25, 0.3) is 10.0 Å². The maximum absolute atomic E-state index is 12.7. The van der Waals surface area contributed by atoms with E-state index in [9.17, 15) is 12.8 Å². The molecule has 12 nitrogen and oxygen atoms in total. The minimum absolute atomic E-state index is 0.191. The number of nitrogens with zero attached hydrogens (tertiary/aromatic N) is 8. The Labute approximate surface area is 249 Å². The van der Waals surface area contributed by atoms with E-state index >= 15 is 0 Å². The third-order valence-corrected chi connectivity index (χ3v) is 9.33. The van der Waals surface area contributed by atoms with Gasteiger partial charge in [-0.3, -0.25) is 4.68 Å². The normalized spacial score (nSPS) is 15.7. The van der Waals surface area contributed by atoms with Gasteiger partial charge in [0.15, 0.2) is 5.82 Å². The summed E-state index contributed by atoms with van der Waals surface area (Å²) in [6.07, 6.45) is 12.9. The number of halogens is 1. The number of anilines is 3. The van der Waals surface area contributed by atoms with Crippen LogP contribution in [-0.4, -0.2) is 80.1 Å². The Bertz CT molecular complexity index is 1750. The molecule has 1 saturated carbocycles. The molecule has 1 N–H and O–H groups in total. The van der Waals surface area contributed by atoms with Crippen molar-refractivity contribution in [1.82, 2.24) is 33.9 Å². The third kappa shape index (κ3) is 6.68. The second-order valence-corrected chi connectivity index (χ2v) is 12.5. The van der Waals surface area contributed by atoms with Crippen LogP contribution in [0, 0.1) is 11.8 Å². The van der Waals surface area contributed by atoms with Gasteiger partial charge < -0.3 is 15.0 Å². The Balaban J connectivity index is 1.25. The highest BCUT2D eigenvalue weighted by molar-refractivity contribution is 7.90. The third-order valence-electron chi connectivity index (χ3n) is 7.29. The molecule has 0 bridgehead atoms. The quantitative estimate of drug-likeness (QED) is 0.268. The second kappa shape index (κ2) is 12.5. The first-order valence-electron chi connectivity index (χ1n) is 14.3. The van der Waals surface area contributed by atoms with E-state index in [4.69, 9.17) is 4.74 Å². The summed E-state index contributed by atoms with van der Waals surface area (Å²) in [6, 6.07) is 3.66. The molecule has 2 fully saturated rings. The van der Waals surface area contributed by atoms with Crippen molar-refractivity contribution < 1.29 is 17.5 Å². The van der Waals surface area contributed by atoms with Crippen molar-refractivity contribution in [2.45, 2.75) is 50.5 Å². The van der Waals surface area contributed by atoms with E-state index in [-0.39, 0.29) is 17.9 Å². The van der Waals surface area contributed by atoms with Crippen molar-refractivity contribution in [3.05, 3.63) is 60.4 Å². The summed E-state index contributed by atoms with van der Waals surface area (Å²) in [5.41, 5.74) is 2.88. The summed E-state index contributed by atoms with van der Waals surface area (Å²) in [5, 5.41) is 11.1. The van der Waals surface area contributed by atoms with E-state index in [2.05, 4.69) is 47.2 Å². The van der Waals surface area contributed by atoms with Crippen molar-refractivity contribution >= 4 is 27.3 Å². The standard InChI is InChI=1S/C29H32FN9O3S/c1-2-42-24-8-12-37(13-9-24)26-15-28(32-17-22(26)4-3-21-16-33-38(19-21)14-10-30)35-27-7-11-31-29(36-27)23-18-34-39(20-23)43(40,41)25-5-6-25/h7,11,15-20,24-25H,2,5-6,8-10,12-14H2,1H3,(H,31,32,35,36). The van der Waals surface area contributed by atoms with Crippen LogP contribution in [0.25, 0.3) is 11.4 Å². The highest BCUT2D eigenvalue weighted by Crippen LogP contribution is 2.31. The fourth-order valence-corrected chi connectivity index (χ4v) is 6.40. The molecule has 0 spiro atoms. The Morgan fingerprint density at radius 1 is 1.05 bits per heavy atom. The highest BCUT2D eigenvalue weighted by atomic mass is 32.2. The molecule has 4 aromatic heterocycles. The molecule has 1 saturated heterocycles. The van der Waals surface area contributed by atoms with Crippen molar-refractivity contribution in [2.24, 2.45) is 0 Å². The zero-order chi connectivity index (χ0) is 29.8. The summed E-state index contributed by atoms with van der Waals surface area (Å²) >= 11 is 0. The first-order chi connectivity index (χ1) is 20.9. The predicted octanol–water partition coefficient (Wildman–Crippen LogP) is 3.39. The molecule has 0 unspecified atom stereocenters. The van der Waals surface area contributed by atoms with Gasteiger partial charge in [0.05, 0.1) is 58.9 Å². The lowest BCUT2D eigenvalue weighted by Gasteiger charge is -2.34. The molecule has 1 aliphatic carbocycles. The summed E-state index contributed by atoms with van der Waals surface area (Å²) in [7, 11) is -3.48. The molecule has 0 aromatic carbocycles. The number of aromatic nitrogens is 7. The van der Waals surface area contributed by atoms with E-state index in [1.165, 1.54) is 17.1 Å². The van der Waals surface area contributed by atoms with Crippen LogP contribution in [0.5, 0.6) is 0 Å². The first kappa shape index (κ1) is 28.8. The highest BCUT2D eigenvalue weighted by Gasteiger charge is 2.37. The Hall–Kier alpha value is -4.35. The summed E-state index contributed by atoms with van der Waals surface area (Å²) in [5.74, 6) is 7.76. The summed E-state index contributed by atoms with van der Waals surface area (Å²) in [6.45, 7) is 4.02. The van der Waals surface area contributed by atoms with Gasteiger partial charge in [0.2, 0.25) is 0 Å². The van der Waals surface area contributed by atoms with Gasteiger partial charge in [0, 0.05) is 44.4 Å². The number of piperidine rings is 1. The van der Waals surface area contributed by atoms with Crippen LogP contribution in [0.2, 0.25) is 0 Å². The fraction of sp³-hybridized carbons (Fsp3) is 0.414. The van der Waals surface area contributed by atoms with Crippen LogP contribution in [0.4, 0.5) is 21.7 Å². The molecule has 5 heterocycles. The van der Waals surface area contributed by atoms with Gasteiger partial charge in [-0.05, 0) is 38.7 Å². The number of pyridine rings is 1. The SMILES string of the molecule is CCOC1CCN(c2cc(Nc3ccnc(-c4cnn(S(=O)(=O)C5CC5)c4)n3)ncc2C#Cc2cnn(CCF)c2)CC1. The number of nitrogens with one attached hydrogen (secondary N) is 1. The number of aryl methyl sites for hydroxylation is 1. The molecule has 43 heavy (non-hydrogen) atoms. The second-order valence-electron chi connectivity index (χ2n) is 10.4. The molecule has 6 rings (SSSR count). The minimum Gasteiger partial charge on any atom is -0.378 e. The monoisotopic (exact) mass is 605 g/mol. The lowest BCUT2D eigenvalue weighted by atomic mass is 10.1. The van der Waals surface area contributed by atoms with E-state index in [1.54, 1.807) is 30.9 Å². The molecule has 0 amide bonds. The fourth-order valence-electron chi connectivity index (χ4n) is 4.92. The smallest absolute Gasteiger partial charge is 0.256 e. The number of ether oxygens (including phenoxy) is 1. The van der Waals surface area contributed by atoms with Gasteiger partial charge in [-0.2, -0.15) is 14.3 Å². The number of hydrogen-bond acceptors (Lipinski definition) is 10. The Morgan fingerprint density at radius 2 is 1.88 bits per heavy atom. The Morgan fingerprint density at radius 3 is 2.65 bits per heavy atom. The van der Waals surface area contributed by atoms with Crippen LogP contribution < -0.4 is 10.2 Å². The van der Waals surface area contributed by atoms with Crippen LogP contribution >= 0.6 is 0 Å². The molecule has 0 atom stereocenters. The van der Waals surface area contributed by atoms with E-state index in [1.807, 2.05) is 13.0 Å². The average Bonchev–Trinajstić information content (AvgIpc) is 3.59. The first-order valence-corrected chi connectivity index (χ1v) is 15.8. The lowest BCUT2D eigenvalue weighted by Crippen LogP contribution is -2.37. The maximum Gasteiger partial charge on any atom is 0.256 e. The number of hydrogen-bond donors (Lipinski definition) is 1. The maximum atomic E-state index is 12.7. The molecule has 14 heteroatoms. The molecule has 224 valence electrons. The number of alkyl halides is 1. The Kier molecular flexibility index (Phi) is 8.35. The topological polar surface area (TPSA) is 133 Å². The van der Waals surface area contributed by atoms with Gasteiger partial charge in [-0.15, -0.1) is 0 Å². The van der Waals surface area contributed by atoms with Crippen molar-refractivity contribution in [2.75, 3.05) is 36.6 Å². The molecular weight excluding hydrogens is 573 g/mol. The summed E-state index contributed by atoms with van der Waals surface area (Å²) in [4.78, 5) is 15.8. The van der Waals surface area contributed by atoms with E-state index in [0.29, 0.717) is 48.0 Å². The molecule has 2 aliphatic rings. The largest absolute Gasteiger partial charge is 0.378 e. The van der Waals surface area contributed by atoms with Crippen LogP contribution in [0.1, 0.15) is 43.7 Å². The van der Waals surface area contributed by atoms with Crippen molar-refractivity contribution in [3.63, 3.8) is 0 Å². The molecule has 0 radical (unpaired) electrons. The zero-order valence-corrected chi connectivity index (χ0v) is 24.5. The van der Waals surface area contributed by atoms with Crippen molar-refractivity contribution in [1.29, 1.82) is 0 Å². The van der Waals surface area contributed by atoms with Gasteiger partial charge in [0.1, 0.15) is 18.3 Å². The van der Waals surface area contributed by atoms with E-state index in [0.717, 1.165) is 41.3 Å². The average molecular weight is 606 g/mol. The van der Waals surface area contributed by atoms with E-state index < -0.39 is 16.7 Å². The van der Waals surface area contributed by atoms with Gasteiger partial charge >= 0.3 is 0 Å². The molecular formula is C29H32FN9O3S. The molecule has 1 aliphatic heterocycles. The minimum atomic E-state index is -3.48. The predicted molar refractivity (Wildman–Crippen MR) is 159 cm³/mol. The van der Waals surface area contributed by atoms with Crippen LogP contribution in [-0.2, 0) is 21.3 Å².